The van der Waals surface area contributed by atoms with Crippen LogP contribution in [0.4, 0.5) is 0 Å². The minimum atomic E-state index is 0.00627. The topological polar surface area (TPSA) is 9.23 Å². The number of hydrogen-bond acceptors (Lipinski definition) is 1. The third-order valence-corrected chi connectivity index (χ3v) is 5.27. The average molecular weight is 365 g/mol. The molecule has 0 radical (unpaired) electrons. The second-order valence-electron chi connectivity index (χ2n) is 11.4. The molecule has 0 saturated carbocycles. The summed E-state index contributed by atoms with van der Waals surface area (Å²) in [5.74, 6) is 1.07. The van der Waals surface area contributed by atoms with Crippen molar-refractivity contribution in [3.05, 3.63) is 22.3 Å². The Morgan fingerprint density at radius 2 is 0.840 bits per heavy atom. The van der Waals surface area contributed by atoms with Crippen molar-refractivity contribution in [2.75, 3.05) is 7.11 Å². The maximum atomic E-state index is 6.10. The molecule has 0 aromatic heterocycles. The Balaban J connectivity index is 4.39. The van der Waals surface area contributed by atoms with E-state index in [-0.39, 0.29) is 21.7 Å². The largest absolute Gasteiger partial charge is 0.496 e. The van der Waals surface area contributed by atoms with E-state index < -0.39 is 0 Å². The standard InChI is InChI=1S/C23H41OP/c1-20(2,3)14-15(21(4,5)6)18(24-13)17(23(10,11)12)19(25)16(14)22(7,8)9/h25H2,1-13H3. The first-order chi connectivity index (χ1) is 10.8. The fraction of sp³-hybridized carbons (Fsp3) is 0.739. The third-order valence-electron chi connectivity index (χ3n) is 4.70. The second-order valence-corrected chi connectivity index (χ2v) is 12.0. The SMILES string of the molecule is COc1c(C(C)(C)C)c(P)c(C(C)(C)C)c(C(C)(C)C)c1C(C)(C)C. The van der Waals surface area contributed by atoms with E-state index in [2.05, 4.69) is 92.3 Å². The quantitative estimate of drug-likeness (QED) is 0.525. The van der Waals surface area contributed by atoms with E-state index in [9.17, 15) is 0 Å². The summed E-state index contributed by atoms with van der Waals surface area (Å²) in [6.07, 6.45) is 0. The normalized spacial score (nSPS) is 14.0. The summed E-state index contributed by atoms with van der Waals surface area (Å²) in [6, 6.07) is 0. The van der Waals surface area contributed by atoms with Crippen LogP contribution in [0.25, 0.3) is 0 Å². The van der Waals surface area contributed by atoms with Crippen LogP contribution in [0.1, 0.15) is 105 Å². The van der Waals surface area contributed by atoms with Crippen LogP contribution in [0.5, 0.6) is 5.75 Å². The van der Waals surface area contributed by atoms with Gasteiger partial charge in [0.05, 0.1) is 7.11 Å². The van der Waals surface area contributed by atoms with Gasteiger partial charge < -0.3 is 4.74 Å². The third kappa shape index (κ3) is 4.41. The molecule has 144 valence electrons. The lowest BCUT2D eigenvalue weighted by molar-refractivity contribution is 0.375. The molecule has 0 aliphatic rings. The Kier molecular flexibility index (Phi) is 5.90. The highest BCUT2D eigenvalue weighted by Gasteiger charge is 2.39. The first kappa shape index (κ1) is 22.5. The van der Waals surface area contributed by atoms with Crippen LogP contribution >= 0.6 is 9.24 Å². The molecule has 0 spiro atoms. The van der Waals surface area contributed by atoms with E-state index in [1.54, 1.807) is 0 Å². The Labute approximate surface area is 159 Å². The number of rotatable bonds is 1. The maximum Gasteiger partial charge on any atom is 0.127 e. The molecule has 1 aromatic carbocycles. The monoisotopic (exact) mass is 364 g/mol. The van der Waals surface area contributed by atoms with Gasteiger partial charge in [-0.2, -0.15) is 0 Å². The zero-order valence-electron chi connectivity index (χ0n) is 19.0. The first-order valence-corrected chi connectivity index (χ1v) is 9.98. The lowest BCUT2D eigenvalue weighted by atomic mass is 9.66. The molecule has 1 nitrogen and oxygen atoms in total. The summed E-state index contributed by atoms with van der Waals surface area (Å²) < 4.78 is 6.10. The molecule has 25 heavy (non-hydrogen) atoms. The fourth-order valence-electron chi connectivity index (χ4n) is 3.94. The summed E-state index contributed by atoms with van der Waals surface area (Å²) in [5.41, 5.74) is 5.71. The highest BCUT2D eigenvalue weighted by atomic mass is 31.0. The highest BCUT2D eigenvalue weighted by Crippen LogP contribution is 2.48. The zero-order valence-corrected chi connectivity index (χ0v) is 20.1. The minimum Gasteiger partial charge on any atom is -0.496 e. The molecule has 2 heteroatoms. The average Bonchev–Trinajstić information content (AvgIpc) is 2.30. The highest BCUT2D eigenvalue weighted by molar-refractivity contribution is 7.27. The van der Waals surface area contributed by atoms with Crippen molar-refractivity contribution in [2.24, 2.45) is 0 Å². The van der Waals surface area contributed by atoms with Gasteiger partial charge in [-0.05, 0) is 38.1 Å². The van der Waals surface area contributed by atoms with Crippen LogP contribution < -0.4 is 10.0 Å². The van der Waals surface area contributed by atoms with Crippen molar-refractivity contribution in [1.82, 2.24) is 0 Å². The van der Waals surface area contributed by atoms with E-state index >= 15 is 0 Å². The van der Waals surface area contributed by atoms with E-state index in [0.29, 0.717) is 0 Å². The van der Waals surface area contributed by atoms with Crippen LogP contribution in [0.3, 0.4) is 0 Å². The summed E-state index contributed by atoms with van der Waals surface area (Å²) in [6.45, 7) is 27.7. The molecule has 0 aliphatic carbocycles. The van der Waals surface area contributed by atoms with Gasteiger partial charge in [-0.3, -0.25) is 0 Å². The van der Waals surface area contributed by atoms with Crippen molar-refractivity contribution in [3.63, 3.8) is 0 Å². The van der Waals surface area contributed by atoms with Crippen molar-refractivity contribution in [1.29, 1.82) is 0 Å². The Morgan fingerprint density at radius 1 is 0.520 bits per heavy atom. The predicted octanol–water partition coefficient (Wildman–Crippen LogP) is 6.39. The molecular weight excluding hydrogens is 323 g/mol. The first-order valence-electron chi connectivity index (χ1n) is 9.40. The van der Waals surface area contributed by atoms with Gasteiger partial charge in [0.1, 0.15) is 5.75 Å². The summed E-state index contributed by atoms with van der Waals surface area (Å²) in [5, 5.41) is 1.31. The van der Waals surface area contributed by atoms with Crippen LogP contribution in [-0.2, 0) is 21.7 Å². The summed E-state index contributed by atoms with van der Waals surface area (Å²) in [4.78, 5) is 0. The van der Waals surface area contributed by atoms with Gasteiger partial charge in [-0.15, -0.1) is 9.24 Å². The molecule has 0 amide bonds. The molecule has 1 rings (SSSR count). The van der Waals surface area contributed by atoms with Gasteiger partial charge in [0.25, 0.3) is 0 Å². The smallest absolute Gasteiger partial charge is 0.127 e. The van der Waals surface area contributed by atoms with Gasteiger partial charge in [-0.25, -0.2) is 0 Å². The van der Waals surface area contributed by atoms with Crippen LogP contribution in [0.2, 0.25) is 0 Å². The fourth-order valence-corrected chi connectivity index (χ4v) is 5.08. The predicted molar refractivity (Wildman–Crippen MR) is 117 cm³/mol. The molecule has 0 saturated heterocycles. The summed E-state index contributed by atoms with van der Waals surface area (Å²) in [7, 11) is 4.88. The van der Waals surface area contributed by atoms with Gasteiger partial charge in [0.15, 0.2) is 0 Å². The van der Waals surface area contributed by atoms with E-state index in [1.807, 2.05) is 7.11 Å². The molecule has 0 aliphatic heterocycles. The molecule has 0 fully saturated rings. The van der Waals surface area contributed by atoms with Crippen LogP contribution in [0.15, 0.2) is 0 Å². The van der Waals surface area contributed by atoms with Gasteiger partial charge in [0, 0.05) is 11.1 Å². The molecule has 1 aromatic rings. The maximum absolute atomic E-state index is 6.10. The summed E-state index contributed by atoms with van der Waals surface area (Å²) >= 11 is 0. The van der Waals surface area contributed by atoms with Gasteiger partial charge in [0.2, 0.25) is 0 Å². The number of ether oxygens (including phenoxy) is 1. The van der Waals surface area contributed by atoms with Crippen LogP contribution in [0, 0.1) is 0 Å². The van der Waals surface area contributed by atoms with Gasteiger partial charge in [-0.1, -0.05) is 83.1 Å². The Morgan fingerprint density at radius 3 is 1.08 bits per heavy atom. The molecular formula is C23H41OP. The lowest BCUT2D eigenvalue weighted by Gasteiger charge is -2.41. The van der Waals surface area contributed by atoms with E-state index in [4.69, 9.17) is 4.74 Å². The lowest BCUT2D eigenvalue weighted by Crippen LogP contribution is -2.36. The molecule has 1 unspecified atom stereocenters. The van der Waals surface area contributed by atoms with Crippen molar-refractivity contribution in [2.45, 2.75) is 105 Å². The molecule has 0 heterocycles. The Hall–Kier alpha value is -0.550. The van der Waals surface area contributed by atoms with E-state index in [1.165, 1.54) is 27.6 Å². The Bertz CT molecular complexity index is 641. The van der Waals surface area contributed by atoms with Crippen molar-refractivity contribution >= 4 is 14.5 Å². The number of hydrogen-bond donors (Lipinski definition) is 0. The zero-order chi connectivity index (χ0) is 20.2. The van der Waals surface area contributed by atoms with Crippen molar-refractivity contribution < 1.29 is 4.74 Å². The number of methoxy groups -OCH3 is 1. The van der Waals surface area contributed by atoms with Gasteiger partial charge >= 0.3 is 0 Å². The second kappa shape index (κ2) is 6.56. The molecule has 1 atom stereocenters. The van der Waals surface area contributed by atoms with E-state index in [0.717, 1.165) is 5.75 Å². The molecule has 0 N–H and O–H groups in total. The minimum absolute atomic E-state index is 0.00627. The number of benzene rings is 1. The van der Waals surface area contributed by atoms with Crippen LogP contribution in [-0.4, -0.2) is 7.11 Å². The molecule has 0 bridgehead atoms. The van der Waals surface area contributed by atoms with Crippen molar-refractivity contribution in [3.8, 4) is 5.75 Å².